The molecule has 0 aromatic rings. The molecule has 0 aromatic carbocycles. The maximum atomic E-state index is 5.49. The summed E-state index contributed by atoms with van der Waals surface area (Å²) in [5.41, 5.74) is 0.284. The van der Waals surface area contributed by atoms with E-state index in [2.05, 4.69) is 26.1 Å². The van der Waals surface area contributed by atoms with Crippen LogP contribution in [-0.4, -0.2) is 26.3 Å². The minimum atomic E-state index is 0.284. The van der Waals surface area contributed by atoms with Crippen LogP contribution in [0.25, 0.3) is 0 Å². The third kappa shape index (κ3) is 1.74. The monoisotopic (exact) mass is 157 g/mol. The molecular formula is C9H19NO. The quantitative estimate of drug-likeness (QED) is 0.619. The van der Waals surface area contributed by atoms with E-state index in [1.807, 2.05) is 7.05 Å². The summed E-state index contributed by atoms with van der Waals surface area (Å²) in [5.74, 6) is 0.628. The minimum absolute atomic E-state index is 0.284. The normalized spacial score (nSPS) is 37.1. The average molecular weight is 157 g/mol. The number of ether oxygens (including phenoxy) is 1. The van der Waals surface area contributed by atoms with Crippen LogP contribution in [0.15, 0.2) is 0 Å². The molecule has 11 heavy (non-hydrogen) atoms. The fraction of sp³-hybridized carbons (Fsp3) is 1.00. The van der Waals surface area contributed by atoms with Crippen LogP contribution in [0.3, 0.4) is 0 Å². The van der Waals surface area contributed by atoms with Gasteiger partial charge in [0.2, 0.25) is 0 Å². The van der Waals surface area contributed by atoms with Crippen molar-refractivity contribution in [2.45, 2.75) is 26.8 Å². The lowest BCUT2D eigenvalue weighted by atomic mass is 9.77. The van der Waals surface area contributed by atoms with Gasteiger partial charge in [-0.3, -0.25) is 0 Å². The van der Waals surface area contributed by atoms with Gasteiger partial charge >= 0.3 is 0 Å². The fourth-order valence-corrected chi connectivity index (χ4v) is 2.14. The molecule has 0 spiro atoms. The Bertz CT molecular complexity index is 134. The first-order chi connectivity index (χ1) is 5.08. The molecule has 1 saturated heterocycles. The van der Waals surface area contributed by atoms with Crippen molar-refractivity contribution in [3.63, 3.8) is 0 Å². The van der Waals surface area contributed by atoms with E-state index in [0.29, 0.717) is 12.0 Å². The molecule has 2 atom stereocenters. The van der Waals surface area contributed by atoms with Gasteiger partial charge in [0, 0.05) is 11.5 Å². The van der Waals surface area contributed by atoms with Crippen molar-refractivity contribution in [3.8, 4) is 0 Å². The number of hydrogen-bond acceptors (Lipinski definition) is 2. The third-order valence-corrected chi connectivity index (χ3v) is 2.58. The minimum Gasteiger partial charge on any atom is -0.380 e. The highest BCUT2D eigenvalue weighted by molar-refractivity contribution is 4.89. The molecular weight excluding hydrogens is 138 g/mol. The van der Waals surface area contributed by atoms with Crippen molar-refractivity contribution in [1.82, 2.24) is 5.32 Å². The van der Waals surface area contributed by atoms with Gasteiger partial charge in [-0.1, -0.05) is 20.8 Å². The summed E-state index contributed by atoms with van der Waals surface area (Å²) in [7, 11) is 2.04. The van der Waals surface area contributed by atoms with Gasteiger partial charge in [0.25, 0.3) is 0 Å². The molecule has 2 unspecified atom stereocenters. The summed E-state index contributed by atoms with van der Waals surface area (Å²) >= 11 is 0. The molecule has 0 amide bonds. The second-order valence-electron chi connectivity index (χ2n) is 4.25. The first kappa shape index (κ1) is 9.01. The van der Waals surface area contributed by atoms with E-state index in [1.54, 1.807) is 0 Å². The van der Waals surface area contributed by atoms with Gasteiger partial charge in [0.05, 0.1) is 13.2 Å². The van der Waals surface area contributed by atoms with Crippen molar-refractivity contribution in [3.05, 3.63) is 0 Å². The second-order valence-corrected chi connectivity index (χ2v) is 4.25. The van der Waals surface area contributed by atoms with Gasteiger partial charge in [-0.15, -0.1) is 0 Å². The van der Waals surface area contributed by atoms with Gasteiger partial charge in [0.1, 0.15) is 0 Å². The van der Waals surface area contributed by atoms with E-state index in [9.17, 15) is 0 Å². The molecule has 0 aromatic heterocycles. The molecule has 1 aliphatic rings. The Morgan fingerprint density at radius 1 is 1.45 bits per heavy atom. The SMILES string of the molecule is CNC1C(C)COCC1(C)C. The van der Waals surface area contributed by atoms with Crippen molar-refractivity contribution in [2.24, 2.45) is 11.3 Å². The maximum Gasteiger partial charge on any atom is 0.0532 e. The lowest BCUT2D eigenvalue weighted by Gasteiger charge is -2.42. The van der Waals surface area contributed by atoms with Crippen LogP contribution < -0.4 is 5.32 Å². The molecule has 2 heteroatoms. The predicted octanol–water partition coefficient (Wildman–Crippen LogP) is 1.27. The zero-order valence-electron chi connectivity index (χ0n) is 7.98. The summed E-state index contributed by atoms with van der Waals surface area (Å²) in [6, 6.07) is 0.594. The summed E-state index contributed by atoms with van der Waals surface area (Å²) in [5, 5.41) is 3.36. The first-order valence-corrected chi connectivity index (χ1v) is 4.33. The Morgan fingerprint density at radius 3 is 2.45 bits per heavy atom. The number of hydrogen-bond donors (Lipinski definition) is 1. The molecule has 0 aliphatic carbocycles. The fourth-order valence-electron chi connectivity index (χ4n) is 2.14. The third-order valence-electron chi connectivity index (χ3n) is 2.58. The van der Waals surface area contributed by atoms with E-state index in [0.717, 1.165) is 13.2 Å². The molecule has 2 nitrogen and oxygen atoms in total. The van der Waals surface area contributed by atoms with E-state index >= 15 is 0 Å². The molecule has 1 aliphatic heterocycles. The molecule has 1 rings (SSSR count). The largest absolute Gasteiger partial charge is 0.380 e. The Labute approximate surface area is 69.3 Å². The van der Waals surface area contributed by atoms with E-state index in [1.165, 1.54) is 0 Å². The maximum absolute atomic E-state index is 5.49. The summed E-state index contributed by atoms with van der Waals surface area (Å²) in [6.45, 7) is 8.52. The van der Waals surface area contributed by atoms with Crippen molar-refractivity contribution < 1.29 is 4.74 Å². The Balaban J connectivity index is 2.64. The highest BCUT2D eigenvalue weighted by Crippen LogP contribution is 2.30. The Morgan fingerprint density at radius 2 is 2.09 bits per heavy atom. The number of nitrogens with one attached hydrogen (secondary N) is 1. The van der Waals surface area contributed by atoms with Crippen LogP contribution >= 0.6 is 0 Å². The Kier molecular flexibility index (Phi) is 2.55. The highest BCUT2D eigenvalue weighted by atomic mass is 16.5. The lowest BCUT2D eigenvalue weighted by Crippen LogP contribution is -2.52. The summed E-state index contributed by atoms with van der Waals surface area (Å²) in [6.07, 6.45) is 0. The zero-order chi connectivity index (χ0) is 8.48. The van der Waals surface area contributed by atoms with Gasteiger partial charge in [-0.25, -0.2) is 0 Å². The van der Waals surface area contributed by atoms with Gasteiger partial charge in [0.15, 0.2) is 0 Å². The first-order valence-electron chi connectivity index (χ1n) is 4.33. The van der Waals surface area contributed by atoms with Crippen molar-refractivity contribution in [2.75, 3.05) is 20.3 Å². The summed E-state index contributed by atoms with van der Waals surface area (Å²) < 4.78 is 5.49. The van der Waals surface area contributed by atoms with Crippen LogP contribution in [-0.2, 0) is 4.74 Å². The molecule has 0 saturated carbocycles. The standard InChI is InChI=1S/C9H19NO/c1-7-5-11-6-9(2,3)8(7)10-4/h7-8,10H,5-6H2,1-4H3. The van der Waals surface area contributed by atoms with E-state index in [-0.39, 0.29) is 5.41 Å². The van der Waals surface area contributed by atoms with Crippen molar-refractivity contribution >= 4 is 0 Å². The van der Waals surface area contributed by atoms with Gasteiger partial charge in [-0.05, 0) is 13.0 Å². The second kappa shape index (κ2) is 3.11. The molecule has 66 valence electrons. The lowest BCUT2D eigenvalue weighted by molar-refractivity contribution is -0.0444. The van der Waals surface area contributed by atoms with Crippen LogP contribution in [0, 0.1) is 11.3 Å². The zero-order valence-corrected chi connectivity index (χ0v) is 7.98. The molecule has 1 fully saturated rings. The molecule has 1 heterocycles. The summed E-state index contributed by atoms with van der Waals surface area (Å²) in [4.78, 5) is 0. The predicted molar refractivity (Wildman–Crippen MR) is 46.6 cm³/mol. The smallest absolute Gasteiger partial charge is 0.0532 e. The molecule has 0 radical (unpaired) electrons. The van der Waals surface area contributed by atoms with Crippen LogP contribution in [0.2, 0.25) is 0 Å². The number of rotatable bonds is 1. The van der Waals surface area contributed by atoms with Crippen LogP contribution in [0.4, 0.5) is 0 Å². The topological polar surface area (TPSA) is 21.3 Å². The van der Waals surface area contributed by atoms with E-state index < -0.39 is 0 Å². The van der Waals surface area contributed by atoms with E-state index in [4.69, 9.17) is 4.74 Å². The van der Waals surface area contributed by atoms with Crippen LogP contribution in [0.5, 0.6) is 0 Å². The van der Waals surface area contributed by atoms with Gasteiger partial charge < -0.3 is 10.1 Å². The van der Waals surface area contributed by atoms with Gasteiger partial charge in [-0.2, -0.15) is 0 Å². The molecule has 0 bridgehead atoms. The van der Waals surface area contributed by atoms with Crippen LogP contribution in [0.1, 0.15) is 20.8 Å². The average Bonchev–Trinajstić information content (AvgIpc) is 1.86. The van der Waals surface area contributed by atoms with Crippen molar-refractivity contribution in [1.29, 1.82) is 0 Å². The molecule has 1 N–H and O–H groups in total. The highest BCUT2D eigenvalue weighted by Gasteiger charge is 2.36. The Hall–Kier alpha value is -0.0800.